The number of carbonyl (C=O) groups excluding carboxylic acids is 1. The molecule has 0 spiro atoms. The molecule has 0 saturated carbocycles. The van der Waals surface area contributed by atoms with Crippen LogP contribution in [-0.2, 0) is 9.53 Å². The Balaban J connectivity index is 2.46. The lowest BCUT2D eigenvalue weighted by Crippen LogP contribution is -2.31. The Labute approximate surface area is 82.4 Å². The summed E-state index contributed by atoms with van der Waals surface area (Å²) in [6.45, 7) is 2.07. The number of rotatable bonds is 1. The second kappa shape index (κ2) is 3.54. The summed E-state index contributed by atoms with van der Waals surface area (Å²) in [4.78, 5) is 11.6. The Bertz CT molecular complexity index is 382. The van der Waals surface area contributed by atoms with E-state index in [9.17, 15) is 4.79 Å². The number of nitrogens with one attached hydrogen (secondary N) is 1. The smallest absolute Gasteiger partial charge is 0.257 e. The van der Waals surface area contributed by atoms with E-state index in [4.69, 9.17) is 4.74 Å². The van der Waals surface area contributed by atoms with Crippen molar-refractivity contribution in [3.8, 4) is 0 Å². The van der Waals surface area contributed by atoms with Gasteiger partial charge in [-0.1, -0.05) is 30.3 Å². The number of hydrogen-bond donors (Lipinski definition) is 1. The minimum Gasteiger partial charge on any atom is -0.477 e. The van der Waals surface area contributed by atoms with Crippen LogP contribution in [0.15, 0.2) is 36.1 Å². The van der Waals surface area contributed by atoms with Crippen molar-refractivity contribution in [3.05, 3.63) is 41.7 Å². The molecule has 1 aliphatic heterocycles. The van der Waals surface area contributed by atoms with Crippen LogP contribution in [0.2, 0.25) is 0 Å². The van der Waals surface area contributed by atoms with Crippen LogP contribution >= 0.6 is 0 Å². The predicted octanol–water partition coefficient (Wildman–Crippen LogP) is 1.52. The first kappa shape index (κ1) is 8.81. The fourth-order valence-corrected chi connectivity index (χ4v) is 1.47. The third-order valence-electron chi connectivity index (χ3n) is 2.16. The van der Waals surface area contributed by atoms with E-state index in [1.165, 1.54) is 0 Å². The summed E-state index contributed by atoms with van der Waals surface area (Å²) < 4.78 is 5.26. The van der Waals surface area contributed by atoms with Gasteiger partial charge in [0, 0.05) is 0 Å². The summed E-state index contributed by atoms with van der Waals surface area (Å²) in [5, 5.41) is 2.64. The van der Waals surface area contributed by atoms with E-state index >= 15 is 0 Å². The van der Waals surface area contributed by atoms with Gasteiger partial charge in [-0.25, -0.2) is 0 Å². The van der Waals surface area contributed by atoms with E-state index < -0.39 is 0 Å². The average molecular weight is 189 g/mol. The quantitative estimate of drug-likeness (QED) is 0.727. The van der Waals surface area contributed by atoms with E-state index in [1.54, 1.807) is 6.92 Å². The predicted molar refractivity (Wildman–Crippen MR) is 53.1 cm³/mol. The van der Waals surface area contributed by atoms with Crippen molar-refractivity contribution in [2.75, 3.05) is 6.73 Å². The highest BCUT2D eigenvalue weighted by molar-refractivity contribution is 6.20. The highest BCUT2D eigenvalue weighted by Gasteiger charge is 2.19. The van der Waals surface area contributed by atoms with Gasteiger partial charge in [0.15, 0.2) is 6.73 Å². The molecule has 1 aliphatic rings. The number of ether oxygens (including phenoxy) is 1. The zero-order valence-electron chi connectivity index (χ0n) is 7.91. The van der Waals surface area contributed by atoms with Gasteiger partial charge in [0.05, 0.1) is 5.57 Å². The van der Waals surface area contributed by atoms with Crippen LogP contribution in [0, 0.1) is 0 Å². The van der Waals surface area contributed by atoms with Crippen molar-refractivity contribution in [1.29, 1.82) is 0 Å². The molecule has 0 aliphatic carbocycles. The molecule has 72 valence electrons. The molecule has 1 N–H and O–H groups in total. The third-order valence-corrected chi connectivity index (χ3v) is 2.16. The molecule has 0 fully saturated rings. The van der Waals surface area contributed by atoms with Crippen LogP contribution in [0.5, 0.6) is 0 Å². The van der Waals surface area contributed by atoms with Crippen LogP contribution in [0.4, 0.5) is 0 Å². The highest BCUT2D eigenvalue weighted by atomic mass is 16.5. The highest BCUT2D eigenvalue weighted by Crippen LogP contribution is 2.21. The molecule has 14 heavy (non-hydrogen) atoms. The van der Waals surface area contributed by atoms with Gasteiger partial charge in [0.2, 0.25) is 0 Å². The van der Waals surface area contributed by atoms with Crippen LogP contribution in [-0.4, -0.2) is 12.6 Å². The first-order valence-corrected chi connectivity index (χ1v) is 4.46. The van der Waals surface area contributed by atoms with Gasteiger partial charge < -0.3 is 10.1 Å². The van der Waals surface area contributed by atoms with E-state index in [2.05, 4.69) is 5.32 Å². The van der Waals surface area contributed by atoms with E-state index in [0.717, 1.165) is 5.56 Å². The van der Waals surface area contributed by atoms with Crippen LogP contribution in [0.1, 0.15) is 12.5 Å². The molecule has 1 heterocycles. The Kier molecular flexibility index (Phi) is 2.23. The zero-order chi connectivity index (χ0) is 9.97. The van der Waals surface area contributed by atoms with Crippen molar-refractivity contribution in [2.45, 2.75) is 6.92 Å². The lowest BCUT2D eigenvalue weighted by molar-refractivity contribution is -0.118. The van der Waals surface area contributed by atoms with Gasteiger partial charge >= 0.3 is 0 Å². The summed E-state index contributed by atoms with van der Waals surface area (Å²) in [6, 6.07) is 9.51. The maximum atomic E-state index is 11.6. The van der Waals surface area contributed by atoms with Crippen LogP contribution in [0.25, 0.3) is 5.57 Å². The van der Waals surface area contributed by atoms with Crippen molar-refractivity contribution < 1.29 is 9.53 Å². The minimum atomic E-state index is -0.0695. The third kappa shape index (κ3) is 1.48. The van der Waals surface area contributed by atoms with Gasteiger partial charge in [-0.15, -0.1) is 0 Å². The average Bonchev–Trinajstić information content (AvgIpc) is 2.19. The SMILES string of the molecule is CC1=C(c2ccccc2)C(=O)NCO1. The first-order valence-electron chi connectivity index (χ1n) is 4.46. The molecule has 1 amide bonds. The molecular formula is C11H11NO2. The molecule has 1 aromatic rings. The molecule has 0 atom stereocenters. The Morgan fingerprint density at radius 2 is 2.00 bits per heavy atom. The van der Waals surface area contributed by atoms with Crippen molar-refractivity contribution >= 4 is 11.5 Å². The molecule has 0 radical (unpaired) electrons. The van der Waals surface area contributed by atoms with Crippen molar-refractivity contribution in [3.63, 3.8) is 0 Å². The summed E-state index contributed by atoms with van der Waals surface area (Å²) in [6.07, 6.45) is 0. The number of benzene rings is 1. The first-order chi connectivity index (χ1) is 6.79. The van der Waals surface area contributed by atoms with E-state index in [-0.39, 0.29) is 12.6 Å². The Morgan fingerprint density at radius 3 is 2.64 bits per heavy atom. The topological polar surface area (TPSA) is 38.3 Å². The summed E-state index contributed by atoms with van der Waals surface area (Å²) in [5.74, 6) is 0.611. The number of hydrogen-bond acceptors (Lipinski definition) is 2. The van der Waals surface area contributed by atoms with E-state index in [1.807, 2.05) is 30.3 Å². The number of allylic oxidation sites excluding steroid dienone is 1. The number of carbonyl (C=O) groups is 1. The summed E-state index contributed by atoms with van der Waals surface area (Å²) >= 11 is 0. The zero-order valence-corrected chi connectivity index (χ0v) is 7.91. The largest absolute Gasteiger partial charge is 0.477 e. The van der Waals surface area contributed by atoms with Gasteiger partial charge in [-0.2, -0.15) is 0 Å². The Morgan fingerprint density at radius 1 is 1.29 bits per heavy atom. The number of amides is 1. The molecule has 1 aromatic carbocycles. The second-order valence-electron chi connectivity index (χ2n) is 3.09. The molecule has 3 nitrogen and oxygen atoms in total. The maximum absolute atomic E-state index is 11.6. The molecule has 3 heteroatoms. The Hall–Kier alpha value is -1.77. The fraction of sp³-hybridized carbons (Fsp3) is 0.182. The standard InChI is InChI=1S/C11H11NO2/c1-8-10(11(13)12-7-14-8)9-5-3-2-4-6-9/h2-6H,7H2,1H3,(H,12,13). The lowest BCUT2D eigenvalue weighted by Gasteiger charge is -2.19. The van der Waals surface area contributed by atoms with Gasteiger partial charge in [0.1, 0.15) is 5.76 Å². The molecular weight excluding hydrogens is 178 g/mol. The van der Waals surface area contributed by atoms with Crippen molar-refractivity contribution in [1.82, 2.24) is 5.32 Å². The minimum absolute atomic E-state index is 0.0695. The van der Waals surface area contributed by atoms with Gasteiger partial charge in [-0.3, -0.25) is 4.79 Å². The van der Waals surface area contributed by atoms with E-state index in [0.29, 0.717) is 11.3 Å². The normalized spacial score (nSPS) is 16.2. The molecule has 0 unspecified atom stereocenters. The molecule has 0 bridgehead atoms. The second-order valence-corrected chi connectivity index (χ2v) is 3.09. The van der Waals surface area contributed by atoms with Crippen LogP contribution < -0.4 is 5.32 Å². The monoisotopic (exact) mass is 189 g/mol. The lowest BCUT2D eigenvalue weighted by atomic mass is 10.0. The molecule has 2 rings (SSSR count). The summed E-state index contributed by atoms with van der Waals surface area (Å²) in [5.41, 5.74) is 1.51. The fourth-order valence-electron chi connectivity index (χ4n) is 1.47. The van der Waals surface area contributed by atoms with Crippen LogP contribution in [0.3, 0.4) is 0 Å². The van der Waals surface area contributed by atoms with Gasteiger partial charge in [0.25, 0.3) is 5.91 Å². The van der Waals surface area contributed by atoms with Gasteiger partial charge in [-0.05, 0) is 12.5 Å². The maximum Gasteiger partial charge on any atom is 0.257 e. The molecule has 0 saturated heterocycles. The summed E-state index contributed by atoms with van der Waals surface area (Å²) in [7, 11) is 0. The molecule has 0 aromatic heterocycles. The van der Waals surface area contributed by atoms with Crippen molar-refractivity contribution in [2.24, 2.45) is 0 Å².